The molecule has 34 heavy (non-hydrogen) atoms. The number of rotatable bonds is 6. The molecule has 0 aliphatic heterocycles. The van der Waals surface area contributed by atoms with Crippen molar-refractivity contribution in [1.82, 2.24) is 14.3 Å². The smallest absolute Gasteiger partial charge is 0.316 e. The maximum Gasteiger partial charge on any atom is 0.416 e. The Kier molecular flexibility index (Phi) is 7.62. The van der Waals surface area contributed by atoms with Gasteiger partial charge in [0.15, 0.2) is 0 Å². The molecule has 2 heterocycles. The molecule has 0 unspecified atom stereocenters. The number of benzene rings is 2. The van der Waals surface area contributed by atoms with Crippen LogP contribution < -0.4 is 5.32 Å². The van der Waals surface area contributed by atoms with Crippen LogP contribution in [0.1, 0.15) is 22.3 Å². The van der Waals surface area contributed by atoms with Crippen molar-refractivity contribution in [2.75, 3.05) is 7.05 Å². The van der Waals surface area contributed by atoms with Crippen LogP contribution >= 0.6 is 24.0 Å². The lowest BCUT2D eigenvalue weighted by Gasteiger charge is -2.14. The van der Waals surface area contributed by atoms with E-state index in [9.17, 15) is 21.6 Å². The minimum absolute atomic E-state index is 0. The number of hydrogen-bond acceptors (Lipinski definition) is 4. The number of nitrogens with one attached hydrogen (secondary N) is 1. The molecule has 4 rings (SSSR count). The highest BCUT2D eigenvalue weighted by atomic mass is 35.5. The Morgan fingerprint density at radius 2 is 1.85 bits per heavy atom. The van der Waals surface area contributed by atoms with E-state index in [1.165, 1.54) is 42.9 Å². The van der Waals surface area contributed by atoms with Gasteiger partial charge in [-0.3, -0.25) is 4.98 Å². The Balaban J connectivity index is 0.00000324. The Morgan fingerprint density at radius 1 is 1.09 bits per heavy atom. The minimum atomic E-state index is -4.56. The summed E-state index contributed by atoms with van der Waals surface area (Å²) in [6.45, 7) is 0.417. The van der Waals surface area contributed by atoms with E-state index in [-0.39, 0.29) is 34.3 Å². The van der Waals surface area contributed by atoms with Crippen LogP contribution in [-0.4, -0.2) is 24.4 Å². The number of halogens is 5. The molecule has 0 bridgehead atoms. The van der Waals surface area contributed by atoms with Crippen LogP contribution in [0, 0.1) is 0 Å². The fraction of sp³-hybridized carbons (Fsp3) is 0.174. The van der Waals surface area contributed by atoms with Crippen molar-refractivity contribution >= 4 is 44.9 Å². The minimum Gasteiger partial charge on any atom is -0.316 e. The Hall–Kier alpha value is -2.59. The van der Waals surface area contributed by atoms with Gasteiger partial charge < -0.3 is 5.32 Å². The predicted octanol–water partition coefficient (Wildman–Crippen LogP) is 5.68. The highest BCUT2D eigenvalue weighted by Crippen LogP contribution is 2.35. The standard InChI is InChI=1S/C23H19ClF3N3O2S.ClH/c1-28-12-17-14-30(33(31,32)19-3-2-8-29-13-19)22-10-15(4-7-20(17)22)9-16-5-6-18(24)11-21(16)23(25,26)27;/h2-8,10-11,13-14,28H,9,12H2,1H3;1H. The number of fused-ring (bicyclic) bond motifs is 1. The van der Waals surface area contributed by atoms with Gasteiger partial charge in [0.1, 0.15) is 4.90 Å². The quantitative estimate of drug-likeness (QED) is 0.349. The third-order valence-corrected chi connectivity index (χ3v) is 7.14. The second kappa shape index (κ2) is 9.95. The van der Waals surface area contributed by atoms with Crippen LogP contribution in [0.2, 0.25) is 5.02 Å². The van der Waals surface area contributed by atoms with E-state index in [2.05, 4.69) is 10.3 Å². The van der Waals surface area contributed by atoms with Crippen molar-refractivity contribution in [3.05, 3.63) is 94.4 Å². The van der Waals surface area contributed by atoms with Crippen molar-refractivity contribution in [1.29, 1.82) is 0 Å². The normalized spacial score (nSPS) is 12.0. The monoisotopic (exact) mass is 529 g/mol. The van der Waals surface area contributed by atoms with Gasteiger partial charge in [0, 0.05) is 35.5 Å². The van der Waals surface area contributed by atoms with Crippen molar-refractivity contribution < 1.29 is 21.6 Å². The van der Waals surface area contributed by atoms with Gasteiger partial charge in [0.25, 0.3) is 10.0 Å². The highest BCUT2D eigenvalue weighted by molar-refractivity contribution is 7.90. The molecule has 4 aromatic rings. The molecule has 0 saturated heterocycles. The maximum atomic E-state index is 13.5. The molecule has 5 nitrogen and oxygen atoms in total. The number of pyridine rings is 1. The first-order valence-corrected chi connectivity index (χ1v) is 11.7. The number of aromatic nitrogens is 2. The second-order valence-electron chi connectivity index (χ2n) is 7.50. The van der Waals surface area contributed by atoms with E-state index >= 15 is 0 Å². The largest absolute Gasteiger partial charge is 0.416 e. The zero-order valence-electron chi connectivity index (χ0n) is 17.8. The van der Waals surface area contributed by atoms with Crippen LogP contribution in [-0.2, 0) is 29.2 Å². The van der Waals surface area contributed by atoms with E-state index in [1.54, 1.807) is 25.2 Å². The fourth-order valence-electron chi connectivity index (χ4n) is 3.75. The molecule has 180 valence electrons. The summed E-state index contributed by atoms with van der Waals surface area (Å²) in [5, 5.41) is 3.69. The lowest BCUT2D eigenvalue weighted by Crippen LogP contribution is -2.12. The molecule has 0 atom stereocenters. The van der Waals surface area contributed by atoms with Gasteiger partial charge in [-0.05, 0) is 60.5 Å². The molecule has 0 fully saturated rings. The van der Waals surface area contributed by atoms with Gasteiger partial charge in [-0.2, -0.15) is 13.2 Å². The molecule has 2 aromatic carbocycles. The van der Waals surface area contributed by atoms with E-state index < -0.39 is 21.8 Å². The summed E-state index contributed by atoms with van der Waals surface area (Å²) in [5.41, 5.74) is 0.893. The van der Waals surface area contributed by atoms with Crippen LogP contribution in [0.25, 0.3) is 10.9 Å². The third kappa shape index (κ3) is 5.07. The average molecular weight is 530 g/mol. The van der Waals surface area contributed by atoms with Crippen molar-refractivity contribution in [3.8, 4) is 0 Å². The zero-order valence-corrected chi connectivity index (χ0v) is 20.2. The number of alkyl halides is 3. The number of nitrogens with zero attached hydrogens (tertiary/aromatic N) is 2. The Morgan fingerprint density at radius 3 is 2.50 bits per heavy atom. The van der Waals surface area contributed by atoms with Gasteiger partial charge in [0.2, 0.25) is 0 Å². The summed E-state index contributed by atoms with van der Waals surface area (Å²) in [4.78, 5) is 3.90. The van der Waals surface area contributed by atoms with Crippen LogP contribution in [0.15, 0.2) is 72.0 Å². The van der Waals surface area contributed by atoms with Crippen molar-refractivity contribution in [3.63, 3.8) is 0 Å². The van der Waals surface area contributed by atoms with Gasteiger partial charge in [0.05, 0.1) is 11.1 Å². The van der Waals surface area contributed by atoms with E-state index in [0.29, 0.717) is 23.0 Å². The Labute approximate surface area is 206 Å². The summed E-state index contributed by atoms with van der Waals surface area (Å²) in [6, 6.07) is 11.7. The first-order valence-electron chi connectivity index (χ1n) is 9.90. The van der Waals surface area contributed by atoms with Gasteiger partial charge in [-0.1, -0.05) is 29.8 Å². The summed E-state index contributed by atoms with van der Waals surface area (Å²) in [7, 11) is -2.22. The molecule has 11 heteroatoms. The first kappa shape index (κ1) is 26.0. The highest BCUT2D eigenvalue weighted by Gasteiger charge is 2.33. The molecule has 0 saturated carbocycles. The lowest BCUT2D eigenvalue weighted by molar-refractivity contribution is -0.138. The van der Waals surface area contributed by atoms with Gasteiger partial charge in [-0.25, -0.2) is 12.4 Å². The SMILES string of the molecule is CNCc1cn(S(=O)(=O)c2cccnc2)c2cc(Cc3ccc(Cl)cc3C(F)(F)F)ccc12.Cl. The van der Waals surface area contributed by atoms with Crippen LogP contribution in [0.4, 0.5) is 13.2 Å². The second-order valence-corrected chi connectivity index (χ2v) is 9.75. The van der Waals surface area contributed by atoms with E-state index in [4.69, 9.17) is 11.6 Å². The predicted molar refractivity (Wildman–Crippen MR) is 128 cm³/mol. The Bertz CT molecular complexity index is 1420. The third-order valence-electron chi connectivity index (χ3n) is 5.25. The van der Waals surface area contributed by atoms with Gasteiger partial charge >= 0.3 is 6.18 Å². The fourth-order valence-corrected chi connectivity index (χ4v) is 5.27. The topological polar surface area (TPSA) is 64.0 Å². The summed E-state index contributed by atoms with van der Waals surface area (Å²) >= 11 is 5.78. The molecule has 0 aliphatic rings. The molecule has 1 N–H and O–H groups in total. The van der Waals surface area contributed by atoms with E-state index in [0.717, 1.165) is 15.6 Å². The molecule has 0 radical (unpaired) electrons. The van der Waals surface area contributed by atoms with Crippen LogP contribution in [0.5, 0.6) is 0 Å². The zero-order chi connectivity index (χ0) is 23.8. The molecule has 0 spiro atoms. The first-order chi connectivity index (χ1) is 15.6. The van der Waals surface area contributed by atoms with Crippen molar-refractivity contribution in [2.45, 2.75) is 24.0 Å². The van der Waals surface area contributed by atoms with Crippen LogP contribution in [0.3, 0.4) is 0 Å². The van der Waals surface area contributed by atoms with E-state index in [1.807, 2.05) is 0 Å². The summed E-state index contributed by atoms with van der Waals surface area (Å²) in [5.74, 6) is 0. The lowest BCUT2D eigenvalue weighted by atomic mass is 9.98. The maximum absolute atomic E-state index is 13.5. The molecule has 0 amide bonds. The molecule has 2 aromatic heterocycles. The summed E-state index contributed by atoms with van der Waals surface area (Å²) in [6.07, 6.45) is -0.347. The van der Waals surface area contributed by atoms with Gasteiger partial charge in [-0.15, -0.1) is 12.4 Å². The average Bonchev–Trinajstić information content (AvgIpc) is 3.14. The molecule has 0 aliphatic carbocycles. The number of hydrogen-bond donors (Lipinski definition) is 1. The van der Waals surface area contributed by atoms with Crippen molar-refractivity contribution in [2.24, 2.45) is 0 Å². The molecular formula is C23H20Cl2F3N3O2S. The molecular weight excluding hydrogens is 510 g/mol. The summed E-state index contributed by atoms with van der Waals surface area (Å²) < 4.78 is 68.3.